The molecule has 0 spiro atoms. The van der Waals surface area contributed by atoms with Gasteiger partial charge in [-0.05, 0) is 36.0 Å². The van der Waals surface area contributed by atoms with E-state index in [-0.39, 0.29) is 11.7 Å². The maximum absolute atomic E-state index is 12.1. The highest BCUT2D eigenvalue weighted by Gasteiger charge is 2.10. The molecule has 2 aromatic carbocycles. The van der Waals surface area contributed by atoms with E-state index in [0.29, 0.717) is 21.7 Å². The number of hydrogen-bond donors (Lipinski definition) is 2. The number of halogens is 2. The Hall–Kier alpha value is -1.47. The summed E-state index contributed by atoms with van der Waals surface area (Å²) in [6.07, 6.45) is 0. The van der Waals surface area contributed by atoms with E-state index in [2.05, 4.69) is 10.7 Å². The van der Waals surface area contributed by atoms with Crippen LogP contribution >= 0.6 is 47.2 Å². The quantitative estimate of drug-likeness (QED) is 0.438. The third-order valence-corrected chi connectivity index (χ3v) is 5.29. The first kappa shape index (κ1) is 19.8. The molecule has 2 aromatic rings. The van der Waals surface area contributed by atoms with Crippen molar-refractivity contribution in [3.8, 4) is 0 Å². The molecule has 4 nitrogen and oxygen atoms in total. The van der Waals surface area contributed by atoms with Crippen LogP contribution in [0.25, 0.3) is 0 Å². The predicted molar refractivity (Wildman–Crippen MR) is 109 cm³/mol. The van der Waals surface area contributed by atoms with Crippen molar-refractivity contribution in [2.24, 2.45) is 0 Å². The highest BCUT2D eigenvalue weighted by molar-refractivity contribution is 8.00. The van der Waals surface area contributed by atoms with E-state index >= 15 is 0 Å². The van der Waals surface area contributed by atoms with Crippen LogP contribution in [0.15, 0.2) is 53.4 Å². The average Bonchev–Trinajstić information content (AvgIpc) is 2.61. The summed E-state index contributed by atoms with van der Waals surface area (Å²) in [4.78, 5) is 12.8. The van der Waals surface area contributed by atoms with Crippen molar-refractivity contribution in [1.82, 2.24) is 15.8 Å². The molecule has 2 rings (SSSR count). The monoisotopic (exact) mass is 413 g/mol. The number of amides is 1. The zero-order valence-corrected chi connectivity index (χ0v) is 16.6. The van der Waals surface area contributed by atoms with Gasteiger partial charge in [-0.25, -0.2) is 0 Å². The van der Waals surface area contributed by atoms with Crippen LogP contribution in [0.5, 0.6) is 0 Å². The molecule has 25 heavy (non-hydrogen) atoms. The van der Waals surface area contributed by atoms with Gasteiger partial charge in [-0.1, -0.05) is 53.5 Å². The molecule has 8 heteroatoms. The highest BCUT2D eigenvalue weighted by atomic mass is 35.5. The van der Waals surface area contributed by atoms with E-state index in [0.717, 1.165) is 10.5 Å². The number of nitrogens with one attached hydrogen (secondary N) is 2. The number of carbonyl (C=O) groups excluding carboxylic acids is 1. The summed E-state index contributed by atoms with van der Waals surface area (Å²) in [6, 6.07) is 15.0. The van der Waals surface area contributed by atoms with Crippen molar-refractivity contribution in [2.75, 3.05) is 12.8 Å². The zero-order chi connectivity index (χ0) is 18.2. The number of thioether (sulfide) groups is 1. The molecule has 0 unspecified atom stereocenters. The largest absolute Gasteiger partial charge is 0.357 e. The maximum Gasteiger partial charge on any atom is 0.248 e. The Morgan fingerprint density at radius 3 is 2.64 bits per heavy atom. The number of hydrazine groups is 1. The summed E-state index contributed by atoms with van der Waals surface area (Å²) in [6.45, 7) is 0.590. The third kappa shape index (κ3) is 6.74. The number of benzene rings is 2. The standard InChI is InChI=1S/C17H17Cl2N3OS2/c1-22(17(24)20-10-12-5-3-2-4-6-12)21-16(23)11-25-15-9-13(18)7-8-14(15)19/h2-9H,10-11H2,1H3,(H,20,24)(H,21,23). The molecule has 132 valence electrons. The van der Waals surface area contributed by atoms with E-state index in [4.69, 9.17) is 35.4 Å². The number of carbonyl (C=O) groups is 1. The first-order valence-electron chi connectivity index (χ1n) is 7.38. The van der Waals surface area contributed by atoms with Crippen molar-refractivity contribution in [3.63, 3.8) is 0 Å². The minimum absolute atomic E-state index is 0.188. The van der Waals surface area contributed by atoms with Crippen LogP contribution in [-0.2, 0) is 11.3 Å². The van der Waals surface area contributed by atoms with E-state index in [1.165, 1.54) is 16.8 Å². The minimum atomic E-state index is -0.188. The predicted octanol–water partition coefficient (Wildman–Crippen LogP) is 4.12. The number of hydrogen-bond acceptors (Lipinski definition) is 3. The van der Waals surface area contributed by atoms with E-state index < -0.39 is 0 Å². The van der Waals surface area contributed by atoms with Crippen molar-refractivity contribution in [2.45, 2.75) is 11.4 Å². The second-order valence-corrected chi connectivity index (χ2v) is 7.35. The molecule has 0 saturated carbocycles. The first-order valence-corrected chi connectivity index (χ1v) is 9.53. The molecule has 0 fully saturated rings. The van der Waals surface area contributed by atoms with Gasteiger partial charge in [0.05, 0.1) is 10.8 Å². The summed E-state index contributed by atoms with van der Waals surface area (Å²) in [5.41, 5.74) is 3.82. The Balaban J connectivity index is 1.77. The van der Waals surface area contributed by atoms with Crippen molar-refractivity contribution in [3.05, 3.63) is 64.1 Å². The van der Waals surface area contributed by atoms with E-state index in [9.17, 15) is 4.79 Å². The molecule has 0 saturated heterocycles. The maximum atomic E-state index is 12.1. The van der Waals surface area contributed by atoms with Crippen LogP contribution in [0.4, 0.5) is 0 Å². The fourth-order valence-corrected chi connectivity index (χ4v) is 3.30. The SMILES string of the molecule is CN(NC(=O)CSc1cc(Cl)ccc1Cl)C(=S)NCc1ccccc1. The van der Waals surface area contributed by atoms with Crippen LogP contribution in [0.2, 0.25) is 10.0 Å². The molecule has 0 atom stereocenters. The first-order chi connectivity index (χ1) is 12.0. The number of rotatable bonds is 5. The second-order valence-electron chi connectivity index (χ2n) is 5.10. The second kappa shape index (κ2) is 9.87. The van der Waals surface area contributed by atoms with Gasteiger partial charge in [0.1, 0.15) is 0 Å². The van der Waals surface area contributed by atoms with Gasteiger partial charge in [0, 0.05) is 23.5 Å². The lowest BCUT2D eigenvalue weighted by Crippen LogP contribution is -2.48. The summed E-state index contributed by atoms with van der Waals surface area (Å²) in [5.74, 6) is 0.0125. The Kier molecular flexibility index (Phi) is 7.84. The third-order valence-electron chi connectivity index (χ3n) is 3.14. The molecular formula is C17H17Cl2N3OS2. The van der Waals surface area contributed by atoms with Gasteiger partial charge in [-0.2, -0.15) is 0 Å². The Morgan fingerprint density at radius 1 is 1.20 bits per heavy atom. The van der Waals surface area contributed by atoms with Crippen LogP contribution in [0.3, 0.4) is 0 Å². The summed E-state index contributed by atoms with van der Waals surface area (Å²) in [5, 5.41) is 6.16. The molecule has 0 heterocycles. The molecule has 1 amide bonds. The molecule has 0 aliphatic rings. The van der Waals surface area contributed by atoms with Gasteiger partial charge in [0.25, 0.3) is 0 Å². The van der Waals surface area contributed by atoms with Gasteiger partial charge in [0.2, 0.25) is 5.91 Å². The molecule has 0 aliphatic carbocycles. The Labute approximate surface area is 166 Å². The number of thiocarbonyl (C=S) groups is 1. The fraction of sp³-hybridized carbons (Fsp3) is 0.176. The van der Waals surface area contributed by atoms with Crippen molar-refractivity contribution < 1.29 is 4.79 Å². The zero-order valence-electron chi connectivity index (χ0n) is 13.5. The average molecular weight is 414 g/mol. The lowest BCUT2D eigenvalue weighted by Gasteiger charge is -2.21. The van der Waals surface area contributed by atoms with Gasteiger partial charge in [0.15, 0.2) is 5.11 Å². The molecule has 0 aromatic heterocycles. The summed E-state index contributed by atoms with van der Waals surface area (Å²) in [7, 11) is 1.69. The Morgan fingerprint density at radius 2 is 1.92 bits per heavy atom. The van der Waals surface area contributed by atoms with Crippen LogP contribution < -0.4 is 10.7 Å². The van der Waals surface area contributed by atoms with Crippen LogP contribution in [0, 0.1) is 0 Å². The van der Waals surface area contributed by atoms with Crippen LogP contribution in [-0.4, -0.2) is 28.8 Å². The smallest absolute Gasteiger partial charge is 0.248 e. The van der Waals surface area contributed by atoms with Crippen LogP contribution in [0.1, 0.15) is 5.56 Å². The number of nitrogens with zero attached hydrogens (tertiary/aromatic N) is 1. The molecular weight excluding hydrogens is 397 g/mol. The van der Waals surface area contributed by atoms with Crippen molar-refractivity contribution in [1.29, 1.82) is 0 Å². The topological polar surface area (TPSA) is 44.4 Å². The van der Waals surface area contributed by atoms with Crippen molar-refractivity contribution >= 4 is 58.2 Å². The summed E-state index contributed by atoms with van der Waals surface area (Å²) >= 11 is 18.6. The van der Waals surface area contributed by atoms with Gasteiger partial charge >= 0.3 is 0 Å². The van der Waals surface area contributed by atoms with Gasteiger partial charge in [-0.3, -0.25) is 15.2 Å². The molecule has 0 bridgehead atoms. The molecule has 2 N–H and O–H groups in total. The molecule has 0 aliphatic heterocycles. The normalized spacial score (nSPS) is 10.2. The lowest BCUT2D eigenvalue weighted by molar-refractivity contribution is -0.121. The summed E-state index contributed by atoms with van der Waals surface area (Å²) < 4.78 is 0. The fourth-order valence-electron chi connectivity index (χ4n) is 1.89. The van der Waals surface area contributed by atoms with E-state index in [1.807, 2.05) is 30.3 Å². The lowest BCUT2D eigenvalue weighted by atomic mass is 10.2. The minimum Gasteiger partial charge on any atom is -0.357 e. The molecule has 0 radical (unpaired) electrons. The highest BCUT2D eigenvalue weighted by Crippen LogP contribution is 2.29. The van der Waals surface area contributed by atoms with E-state index in [1.54, 1.807) is 25.2 Å². The Bertz CT molecular complexity index is 744. The van der Waals surface area contributed by atoms with Gasteiger partial charge in [-0.15, -0.1) is 11.8 Å². The van der Waals surface area contributed by atoms with Gasteiger partial charge < -0.3 is 5.32 Å².